The molecular weight excluding hydrogens is 210 g/mol. The predicted octanol–water partition coefficient (Wildman–Crippen LogP) is 3.46. The third kappa shape index (κ3) is 3.01. The fourth-order valence-corrected chi connectivity index (χ4v) is 2.47. The molecule has 0 fully saturated rings. The smallest absolute Gasteiger partial charge is 0.119 e. The number of nitrogens with one attached hydrogen (secondary N) is 1. The van der Waals surface area contributed by atoms with E-state index in [4.69, 9.17) is 4.74 Å². The van der Waals surface area contributed by atoms with Gasteiger partial charge in [-0.25, -0.2) is 0 Å². The molecule has 1 atom stereocenters. The Labute approximate surface area is 104 Å². The van der Waals surface area contributed by atoms with Gasteiger partial charge in [0.1, 0.15) is 5.75 Å². The second-order valence-electron chi connectivity index (χ2n) is 4.75. The van der Waals surface area contributed by atoms with E-state index < -0.39 is 0 Å². The monoisotopic (exact) mass is 233 g/mol. The minimum Gasteiger partial charge on any atom is -0.494 e. The summed E-state index contributed by atoms with van der Waals surface area (Å²) in [5.74, 6) is 1.02. The van der Waals surface area contributed by atoms with Crippen molar-refractivity contribution in [2.45, 2.75) is 45.6 Å². The van der Waals surface area contributed by atoms with Crippen molar-refractivity contribution < 1.29 is 4.74 Å². The first kappa shape index (κ1) is 12.4. The van der Waals surface area contributed by atoms with Crippen LogP contribution in [-0.4, -0.2) is 13.2 Å². The van der Waals surface area contributed by atoms with Crippen molar-refractivity contribution in [1.29, 1.82) is 0 Å². The van der Waals surface area contributed by atoms with Crippen LogP contribution < -0.4 is 10.1 Å². The standard InChI is InChI=1S/C15H23NO/c1-3-5-15-14-11-13(17-10-4-2)7-6-12(14)8-9-16-15/h6-7,11,15-16H,3-5,8-10H2,1-2H3. The van der Waals surface area contributed by atoms with E-state index in [2.05, 4.69) is 37.4 Å². The second-order valence-corrected chi connectivity index (χ2v) is 4.75. The molecule has 0 amide bonds. The van der Waals surface area contributed by atoms with Crippen LogP contribution in [0.5, 0.6) is 5.75 Å². The number of ether oxygens (including phenoxy) is 1. The topological polar surface area (TPSA) is 21.3 Å². The lowest BCUT2D eigenvalue weighted by Crippen LogP contribution is -2.29. The third-order valence-electron chi connectivity index (χ3n) is 3.33. The zero-order valence-corrected chi connectivity index (χ0v) is 11.0. The highest BCUT2D eigenvalue weighted by Gasteiger charge is 2.19. The Hall–Kier alpha value is -1.02. The van der Waals surface area contributed by atoms with Crippen molar-refractivity contribution in [3.8, 4) is 5.75 Å². The van der Waals surface area contributed by atoms with Crippen LogP contribution in [0.25, 0.3) is 0 Å². The summed E-state index contributed by atoms with van der Waals surface area (Å²) < 4.78 is 5.72. The number of hydrogen-bond acceptors (Lipinski definition) is 2. The highest BCUT2D eigenvalue weighted by atomic mass is 16.5. The van der Waals surface area contributed by atoms with Crippen molar-refractivity contribution >= 4 is 0 Å². The van der Waals surface area contributed by atoms with E-state index in [1.807, 2.05) is 0 Å². The first-order chi connectivity index (χ1) is 8.35. The molecule has 0 aliphatic carbocycles. The van der Waals surface area contributed by atoms with Gasteiger partial charge in [0.25, 0.3) is 0 Å². The molecule has 1 heterocycles. The Morgan fingerprint density at radius 3 is 2.94 bits per heavy atom. The molecule has 2 rings (SSSR count). The molecule has 0 aromatic heterocycles. The van der Waals surface area contributed by atoms with E-state index in [9.17, 15) is 0 Å². The van der Waals surface area contributed by atoms with Crippen LogP contribution in [0, 0.1) is 0 Å². The van der Waals surface area contributed by atoms with Crippen molar-refractivity contribution in [1.82, 2.24) is 5.32 Å². The van der Waals surface area contributed by atoms with Crippen LogP contribution in [0.3, 0.4) is 0 Å². The van der Waals surface area contributed by atoms with Crippen molar-refractivity contribution in [2.24, 2.45) is 0 Å². The zero-order chi connectivity index (χ0) is 12.1. The quantitative estimate of drug-likeness (QED) is 0.841. The largest absolute Gasteiger partial charge is 0.494 e. The molecule has 0 saturated carbocycles. The van der Waals surface area contributed by atoms with E-state index in [0.717, 1.165) is 31.7 Å². The third-order valence-corrected chi connectivity index (χ3v) is 3.33. The van der Waals surface area contributed by atoms with Gasteiger partial charge in [-0.1, -0.05) is 26.3 Å². The fourth-order valence-electron chi connectivity index (χ4n) is 2.47. The number of rotatable bonds is 5. The minimum absolute atomic E-state index is 0.522. The molecule has 1 aliphatic rings. The normalized spacial score (nSPS) is 18.8. The molecule has 94 valence electrons. The van der Waals surface area contributed by atoms with Crippen molar-refractivity contribution in [3.63, 3.8) is 0 Å². The molecule has 0 spiro atoms. The van der Waals surface area contributed by atoms with Gasteiger partial charge in [-0.05, 0) is 49.1 Å². The van der Waals surface area contributed by atoms with Gasteiger partial charge in [-0.15, -0.1) is 0 Å². The number of benzene rings is 1. The maximum Gasteiger partial charge on any atom is 0.119 e. The van der Waals surface area contributed by atoms with Crippen molar-refractivity contribution in [2.75, 3.05) is 13.2 Å². The summed E-state index contributed by atoms with van der Waals surface area (Å²) in [5.41, 5.74) is 2.94. The molecule has 0 radical (unpaired) electrons. The van der Waals surface area contributed by atoms with E-state index >= 15 is 0 Å². The van der Waals surface area contributed by atoms with Crippen LogP contribution in [0.2, 0.25) is 0 Å². The lowest BCUT2D eigenvalue weighted by Gasteiger charge is -2.27. The minimum atomic E-state index is 0.522. The average Bonchev–Trinajstić information content (AvgIpc) is 2.37. The predicted molar refractivity (Wildman–Crippen MR) is 71.6 cm³/mol. The van der Waals surface area contributed by atoms with E-state index in [0.29, 0.717) is 6.04 Å². The molecule has 17 heavy (non-hydrogen) atoms. The molecule has 1 aromatic carbocycles. The van der Waals surface area contributed by atoms with Gasteiger partial charge in [0, 0.05) is 6.04 Å². The summed E-state index contributed by atoms with van der Waals surface area (Å²) >= 11 is 0. The summed E-state index contributed by atoms with van der Waals surface area (Å²) in [6.45, 7) is 6.30. The summed E-state index contributed by atoms with van der Waals surface area (Å²) in [5, 5.41) is 3.60. The first-order valence-corrected chi connectivity index (χ1v) is 6.84. The summed E-state index contributed by atoms with van der Waals surface area (Å²) in [6, 6.07) is 7.11. The number of fused-ring (bicyclic) bond motifs is 1. The van der Waals surface area contributed by atoms with Gasteiger partial charge < -0.3 is 10.1 Å². The van der Waals surface area contributed by atoms with E-state index in [1.165, 1.54) is 24.0 Å². The van der Waals surface area contributed by atoms with Gasteiger partial charge in [-0.2, -0.15) is 0 Å². The molecular formula is C15H23NO. The summed E-state index contributed by atoms with van der Waals surface area (Å²) in [4.78, 5) is 0. The van der Waals surface area contributed by atoms with Crippen LogP contribution >= 0.6 is 0 Å². The molecule has 1 aromatic rings. The molecule has 1 N–H and O–H groups in total. The van der Waals surface area contributed by atoms with Crippen LogP contribution in [0.4, 0.5) is 0 Å². The van der Waals surface area contributed by atoms with Gasteiger partial charge >= 0.3 is 0 Å². The SMILES string of the molecule is CCCOc1ccc2c(c1)C(CCC)NCC2. The van der Waals surface area contributed by atoms with E-state index in [1.54, 1.807) is 0 Å². The Bertz CT molecular complexity index is 362. The lowest BCUT2D eigenvalue weighted by atomic mass is 9.91. The Kier molecular flexibility index (Phi) is 4.43. The fraction of sp³-hybridized carbons (Fsp3) is 0.600. The molecule has 1 unspecified atom stereocenters. The Balaban J connectivity index is 2.18. The van der Waals surface area contributed by atoms with Crippen LogP contribution in [0.15, 0.2) is 18.2 Å². The average molecular weight is 233 g/mol. The highest BCUT2D eigenvalue weighted by molar-refractivity contribution is 5.39. The molecule has 1 aliphatic heterocycles. The van der Waals surface area contributed by atoms with Gasteiger partial charge in [0.15, 0.2) is 0 Å². The zero-order valence-electron chi connectivity index (χ0n) is 11.0. The first-order valence-electron chi connectivity index (χ1n) is 6.84. The van der Waals surface area contributed by atoms with Gasteiger partial charge in [-0.3, -0.25) is 0 Å². The molecule has 0 bridgehead atoms. The number of hydrogen-bond donors (Lipinski definition) is 1. The second kappa shape index (κ2) is 6.06. The maximum atomic E-state index is 5.72. The Morgan fingerprint density at radius 2 is 2.18 bits per heavy atom. The van der Waals surface area contributed by atoms with Crippen LogP contribution in [-0.2, 0) is 6.42 Å². The highest BCUT2D eigenvalue weighted by Crippen LogP contribution is 2.29. The molecule has 0 saturated heterocycles. The van der Waals surface area contributed by atoms with Gasteiger partial charge in [0.2, 0.25) is 0 Å². The summed E-state index contributed by atoms with van der Waals surface area (Å²) in [6.07, 6.45) is 4.64. The van der Waals surface area contributed by atoms with Gasteiger partial charge in [0.05, 0.1) is 6.61 Å². The lowest BCUT2D eigenvalue weighted by molar-refractivity contribution is 0.316. The Morgan fingerprint density at radius 1 is 1.29 bits per heavy atom. The van der Waals surface area contributed by atoms with Crippen LogP contribution in [0.1, 0.15) is 50.3 Å². The summed E-state index contributed by atoms with van der Waals surface area (Å²) in [7, 11) is 0. The molecule has 2 heteroatoms. The molecule has 2 nitrogen and oxygen atoms in total. The van der Waals surface area contributed by atoms with Crippen molar-refractivity contribution in [3.05, 3.63) is 29.3 Å². The van der Waals surface area contributed by atoms with E-state index in [-0.39, 0.29) is 0 Å². The maximum absolute atomic E-state index is 5.72.